The minimum atomic E-state index is -0.678. The summed E-state index contributed by atoms with van der Waals surface area (Å²) < 4.78 is 28.3. The fourth-order valence-corrected chi connectivity index (χ4v) is 1.56. The second kappa shape index (κ2) is 4.04. The van der Waals surface area contributed by atoms with Gasteiger partial charge in [0.25, 0.3) is 0 Å². The summed E-state index contributed by atoms with van der Waals surface area (Å²) in [5.41, 5.74) is 6.50. The number of hydrogen-bond acceptors (Lipinski definition) is 3. The fourth-order valence-electron chi connectivity index (χ4n) is 1.56. The van der Waals surface area contributed by atoms with Gasteiger partial charge in [0, 0.05) is 7.05 Å². The highest BCUT2D eigenvalue weighted by atomic mass is 19.1. The van der Waals surface area contributed by atoms with Gasteiger partial charge in [0.2, 0.25) is 0 Å². The third kappa shape index (κ3) is 1.93. The van der Waals surface area contributed by atoms with Crippen LogP contribution in [0.5, 0.6) is 0 Å². The number of nitrogens with zero attached hydrogens (tertiary/aromatic N) is 2. The molecule has 0 saturated heterocycles. The van der Waals surface area contributed by atoms with Crippen molar-refractivity contribution >= 4 is 17.2 Å². The summed E-state index contributed by atoms with van der Waals surface area (Å²) in [6, 6.07) is 3.64. The Morgan fingerprint density at radius 2 is 1.88 bits per heavy atom. The van der Waals surface area contributed by atoms with E-state index >= 15 is 0 Å². The summed E-state index contributed by atoms with van der Waals surface area (Å²) in [7, 11) is 1.64. The first-order valence-electron chi connectivity index (χ1n) is 5.01. The van der Waals surface area contributed by atoms with Crippen molar-refractivity contribution in [3.63, 3.8) is 0 Å². The number of benzene rings is 1. The molecule has 0 amide bonds. The molecule has 1 aromatic carbocycles. The van der Waals surface area contributed by atoms with Crippen molar-refractivity contribution in [2.45, 2.75) is 6.92 Å². The third-order valence-electron chi connectivity index (χ3n) is 2.47. The molecular weight excluding hydrogens is 226 g/mol. The molecule has 0 aliphatic rings. The Kier molecular flexibility index (Phi) is 2.71. The molecule has 0 radical (unpaired) electrons. The van der Waals surface area contributed by atoms with E-state index < -0.39 is 11.6 Å². The van der Waals surface area contributed by atoms with Crippen LogP contribution in [0.3, 0.4) is 0 Å². The van der Waals surface area contributed by atoms with Crippen LogP contribution in [0, 0.1) is 18.6 Å². The van der Waals surface area contributed by atoms with Crippen LogP contribution in [0.15, 0.2) is 18.2 Å². The van der Waals surface area contributed by atoms with Crippen LogP contribution in [0.25, 0.3) is 0 Å². The van der Waals surface area contributed by atoms with E-state index in [1.807, 2.05) is 0 Å². The lowest BCUT2D eigenvalue weighted by Gasteiger charge is -2.09. The maximum Gasteiger partial charge on any atom is 0.152 e. The minimum absolute atomic E-state index is 0.234. The fraction of sp³-hybridized carbons (Fsp3) is 0.182. The van der Waals surface area contributed by atoms with E-state index in [0.29, 0.717) is 17.2 Å². The molecule has 90 valence electrons. The lowest BCUT2D eigenvalue weighted by molar-refractivity contribution is 0.590. The standard InChI is InChI=1S/C11H12F2N4/c1-6-9(14)11(17(2)16-6)15-10-7(12)4-3-5-8(10)13/h3-5,15H,14H2,1-2H3. The van der Waals surface area contributed by atoms with E-state index in [1.54, 1.807) is 14.0 Å². The number of nitrogen functional groups attached to an aromatic ring is 1. The van der Waals surface area contributed by atoms with Crippen LogP contribution < -0.4 is 11.1 Å². The third-order valence-corrected chi connectivity index (χ3v) is 2.47. The van der Waals surface area contributed by atoms with E-state index in [1.165, 1.54) is 22.9 Å². The molecule has 0 unspecified atom stereocenters. The van der Waals surface area contributed by atoms with Gasteiger partial charge in [-0.15, -0.1) is 0 Å². The largest absolute Gasteiger partial charge is 0.394 e. The lowest BCUT2D eigenvalue weighted by Crippen LogP contribution is -2.04. The normalized spacial score (nSPS) is 10.6. The number of hydrogen-bond donors (Lipinski definition) is 2. The van der Waals surface area contributed by atoms with Crippen LogP contribution in [0.2, 0.25) is 0 Å². The van der Waals surface area contributed by atoms with E-state index in [-0.39, 0.29) is 5.69 Å². The average molecular weight is 238 g/mol. The monoisotopic (exact) mass is 238 g/mol. The molecule has 1 aromatic heterocycles. The van der Waals surface area contributed by atoms with Gasteiger partial charge >= 0.3 is 0 Å². The predicted molar refractivity (Wildman–Crippen MR) is 62.0 cm³/mol. The molecule has 3 N–H and O–H groups in total. The molecule has 0 fully saturated rings. The Bertz CT molecular complexity index is 543. The second-order valence-corrected chi connectivity index (χ2v) is 3.69. The Balaban J connectivity index is 2.45. The van der Waals surface area contributed by atoms with Crippen LogP contribution in [-0.4, -0.2) is 9.78 Å². The maximum atomic E-state index is 13.4. The zero-order valence-electron chi connectivity index (χ0n) is 9.46. The number of para-hydroxylation sites is 1. The summed E-state index contributed by atoms with van der Waals surface area (Å²) in [5.74, 6) is -0.988. The molecular formula is C11H12F2N4. The number of rotatable bonds is 2. The average Bonchev–Trinajstić information content (AvgIpc) is 2.49. The first-order chi connectivity index (χ1) is 8.00. The van der Waals surface area contributed by atoms with Crippen molar-refractivity contribution in [1.29, 1.82) is 0 Å². The van der Waals surface area contributed by atoms with Gasteiger partial charge in [0.15, 0.2) is 5.82 Å². The topological polar surface area (TPSA) is 55.9 Å². The Morgan fingerprint density at radius 1 is 1.29 bits per heavy atom. The minimum Gasteiger partial charge on any atom is -0.394 e. The molecule has 4 nitrogen and oxygen atoms in total. The van der Waals surface area contributed by atoms with Gasteiger partial charge in [0.1, 0.15) is 17.3 Å². The molecule has 6 heteroatoms. The van der Waals surface area contributed by atoms with Crippen molar-refractivity contribution < 1.29 is 8.78 Å². The summed E-state index contributed by atoms with van der Waals surface area (Å²) in [4.78, 5) is 0. The van der Waals surface area contributed by atoms with E-state index in [2.05, 4.69) is 10.4 Å². The zero-order chi connectivity index (χ0) is 12.6. The van der Waals surface area contributed by atoms with Crippen molar-refractivity contribution in [2.75, 3.05) is 11.1 Å². The lowest BCUT2D eigenvalue weighted by atomic mass is 10.3. The summed E-state index contributed by atoms with van der Waals surface area (Å²) >= 11 is 0. The number of anilines is 3. The highest BCUT2D eigenvalue weighted by Gasteiger charge is 2.14. The van der Waals surface area contributed by atoms with Gasteiger partial charge < -0.3 is 11.1 Å². The van der Waals surface area contributed by atoms with Crippen molar-refractivity contribution in [2.24, 2.45) is 7.05 Å². The smallest absolute Gasteiger partial charge is 0.152 e. The highest BCUT2D eigenvalue weighted by molar-refractivity contribution is 5.71. The maximum absolute atomic E-state index is 13.4. The summed E-state index contributed by atoms with van der Waals surface area (Å²) in [5, 5.41) is 6.67. The molecule has 2 aromatic rings. The van der Waals surface area contributed by atoms with E-state index in [4.69, 9.17) is 5.73 Å². The zero-order valence-corrected chi connectivity index (χ0v) is 9.46. The van der Waals surface area contributed by atoms with Gasteiger partial charge in [-0.1, -0.05) is 6.07 Å². The summed E-state index contributed by atoms with van der Waals surface area (Å²) in [6.07, 6.45) is 0. The molecule has 17 heavy (non-hydrogen) atoms. The van der Waals surface area contributed by atoms with Gasteiger partial charge in [0.05, 0.1) is 11.4 Å². The van der Waals surface area contributed by atoms with Crippen LogP contribution in [0.1, 0.15) is 5.69 Å². The Morgan fingerprint density at radius 3 is 2.35 bits per heavy atom. The molecule has 0 atom stereocenters. The second-order valence-electron chi connectivity index (χ2n) is 3.69. The predicted octanol–water partition coefficient (Wildman–Crippen LogP) is 2.33. The molecule has 0 aliphatic heterocycles. The van der Waals surface area contributed by atoms with Crippen molar-refractivity contribution in [3.8, 4) is 0 Å². The van der Waals surface area contributed by atoms with Crippen molar-refractivity contribution in [3.05, 3.63) is 35.5 Å². The molecule has 0 saturated carbocycles. The number of halogens is 2. The molecule has 0 bridgehead atoms. The number of nitrogens with one attached hydrogen (secondary N) is 1. The molecule has 0 aliphatic carbocycles. The first kappa shape index (κ1) is 11.4. The Labute approximate surface area is 97.0 Å². The van der Waals surface area contributed by atoms with Crippen LogP contribution >= 0.6 is 0 Å². The number of aryl methyl sites for hydroxylation is 2. The molecule has 2 rings (SSSR count). The summed E-state index contributed by atoms with van der Waals surface area (Å²) in [6.45, 7) is 1.72. The molecule has 1 heterocycles. The first-order valence-corrected chi connectivity index (χ1v) is 5.01. The van der Waals surface area contributed by atoms with Gasteiger partial charge in [-0.3, -0.25) is 4.68 Å². The van der Waals surface area contributed by atoms with Gasteiger partial charge in [-0.2, -0.15) is 5.10 Å². The van der Waals surface area contributed by atoms with E-state index in [0.717, 1.165) is 0 Å². The number of nitrogens with two attached hydrogens (primary N) is 1. The highest BCUT2D eigenvalue weighted by Crippen LogP contribution is 2.28. The van der Waals surface area contributed by atoms with Gasteiger partial charge in [-0.05, 0) is 19.1 Å². The van der Waals surface area contributed by atoms with Crippen molar-refractivity contribution in [1.82, 2.24) is 9.78 Å². The Hall–Kier alpha value is -2.11. The van der Waals surface area contributed by atoms with Crippen LogP contribution in [-0.2, 0) is 7.05 Å². The quantitative estimate of drug-likeness (QED) is 0.844. The van der Waals surface area contributed by atoms with Crippen LogP contribution in [0.4, 0.5) is 26.0 Å². The number of aromatic nitrogens is 2. The van der Waals surface area contributed by atoms with Gasteiger partial charge in [-0.25, -0.2) is 8.78 Å². The SMILES string of the molecule is Cc1nn(C)c(Nc2c(F)cccc2F)c1N. The molecule has 0 spiro atoms. The van der Waals surface area contributed by atoms with E-state index in [9.17, 15) is 8.78 Å².